The van der Waals surface area contributed by atoms with E-state index in [1.54, 1.807) is 6.07 Å². The number of benzene rings is 1. The second kappa shape index (κ2) is 6.47. The van der Waals surface area contributed by atoms with Crippen molar-refractivity contribution in [3.63, 3.8) is 0 Å². The van der Waals surface area contributed by atoms with Crippen molar-refractivity contribution >= 4 is 11.4 Å². The van der Waals surface area contributed by atoms with Crippen LogP contribution in [0.25, 0.3) is 0 Å². The van der Waals surface area contributed by atoms with Crippen LogP contribution in [0.1, 0.15) is 19.3 Å². The Morgan fingerprint density at radius 3 is 2.63 bits per heavy atom. The zero-order valence-corrected chi connectivity index (χ0v) is 14.5. The van der Waals surface area contributed by atoms with E-state index in [1.165, 1.54) is 6.08 Å². The third-order valence-corrected chi connectivity index (χ3v) is 5.21. The Balaban J connectivity index is 1.49. The molecule has 1 aromatic rings. The molecule has 4 rings (SSSR count). The normalized spacial score (nSPS) is 20.5. The molecular weight excluding hydrogens is 361 g/mol. The molecule has 2 heterocycles. The van der Waals surface area contributed by atoms with Crippen molar-refractivity contribution in [3.8, 4) is 5.75 Å². The molecule has 1 fully saturated rings. The fourth-order valence-corrected chi connectivity index (χ4v) is 3.48. The highest BCUT2D eigenvalue weighted by molar-refractivity contribution is 5.76. The van der Waals surface area contributed by atoms with E-state index in [-0.39, 0.29) is 12.4 Å². The summed E-state index contributed by atoms with van der Waals surface area (Å²) in [7, 11) is 0. The molecule has 1 aromatic carbocycles. The number of fused-ring (bicyclic) bond motifs is 1. The molecule has 0 aromatic heterocycles. The van der Waals surface area contributed by atoms with Gasteiger partial charge in [0.25, 0.3) is 0 Å². The Hall–Kier alpha value is -2.71. The quantitative estimate of drug-likeness (QED) is 0.759. The van der Waals surface area contributed by atoms with Gasteiger partial charge in [0.05, 0.1) is 23.6 Å². The van der Waals surface area contributed by atoms with Crippen molar-refractivity contribution in [1.29, 1.82) is 0 Å². The highest BCUT2D eigenvalue weighted by Crippen LogP contribution is 2.41. The van der Waals surface area contributed by atoms with Gasteiger partial charge in [-0.2, -0.15) is 18.1 Å². The number of nitroso groups, excluding NO2 is 1. The first kappa shape index (κ1) is 17.7. The van der Waals surface area contributed by atoms with Gasteiger partial charge in [0, 0.05) is 19.2 Å². The number of alkyl halides is 3. The number of rotatable bonds is 5. The molecule has 2 aliphatic heterocycles. The summed E-state index contributed by atoms with van der Waals surface area (Å²) in [5, 5.41) is 9.23. The van der Waals surface area contributed by atoms with Crippen molar-refractivity contribution < 1.29 is 17.9 Å². The van der Waals surface area contributed by atoms with E-state index in [1.807, 2.05) is 17.0 Å². The second-order valence-electron chi connectivity index (χ2n) is 7.06. The number of halogens is 3. The third-order valence-electron chi connectivity index (χ3n) is 5.21. The summed E-state index contributed by atoms with van der Waals surface area (Å²) >= 11 is 0. The maximum Gasteiger partial charge on any atom is 0.414 e. The van der Waals surface area contributed by atoms with Crippen LogP contribution in [0.3, 0.4) is 0 Å². The molecule has 0 spiro atoms. The lowest BCUT2D eigenvalue weighted by atomic mass is 9.77. The molecule has 0 amide bonds. The lowest BCUT2D eigenvalue weighted by Gasteiger charge is -2.38. The maximum absolute atomic E-state index is 12.7. The summed E-state index contributed by atoms with van der Waals surface area (Å²) < 4.78 is 43.7. The van der Waals surface area contributed by atoms with Gasteiger partial charge in [-0.15, -0.1) is 0 Å². The highest BCUT2D eigenvalue weighted by Gasteiger charge is 2.41. The summed E-state index contributed by atoms with van der Waals surface area (Å²) in [6.07, 6.45) is 0.542. The molecule has 9 heteroatoms. The summed E-state index contributed by atoms with van der Waals surface area (Å²) in [4.78, 5) is 13.3. The molecule has 0 bridgehead atoms. The Labute approximate surface area is 154 Å². The average Bonchev–Trinajstić information content (AvgIpc) is 3.00. The largest absolute Gasteiger partial charge is 0.441 e. The first-order valence-corrected chi connectivity index (χ1v) is 8.76. The van der Waals surface area contributed by atoms with Gasteiger partial charge >= 0.3 is 6.18 Å². The van der Waals surface area contributed by atoms with Crippen LogP contribution in [0.2, 0.25) is 0 Å². The standard InChI is InChI=1S/C18H19F3N4O2/c19-18(20,21)12-2-5-16(22-9-12)27-13-3-4-14-15(8-13)25(11-23-14)10-17(24-26)6-1-7-17/h2-5,8,22-23H,1,6-7,9-11H2. The van der Waals surface area contributed by atoms with Gasteiger partial charge in [-0.1, -0.05) is 5.18 Å². The molecule has 6 nitrogen and oxygen atoms in total. The highest BCUT2D eigenvalue weighted by atomic mass is 19.4. The van der Waals surface area contributed by atoms with E-state index in [0.29, 0.717) is 19.0 Å². The minimum atomic E-state index is -4.35. The fourth-order valence-electron chi connectivity index (χ4n) is 3.48. The molecule has 0 saturated heterocycles. The predicted octanol–water partition coefficient (Wildman–Crippen LogP) is 3.88. The zero-order valence-electron chi connectivity index (χ0n) is 14.5. The summed E-state index contributed by atoms with van der Waals surface area (Å²) in [6, 6.07) is 5.42. The van der Waals surface area contributed by atoms with Crippen LogP contribution in [0.5, 0.6) is 5.75 Å². The number of allylic oxidation sites excluding steroid dienone is 2. The van der Waals surface area contributed by atoms with Crippen molar-refractivity contribution in [3.05, 3.63) is 46.7 Å². The van der Waals surface area contributed by atoms with Crippen LogP contribution in [-0.4, -0.2) is 31.5 Å². The Morgan fingerprint density at radius 1 is 1.22 bits per heavy atom. The van der Waals surface area contributed by atoms with Crippen LogP contribution >= 0.6 is 0 Å². The molecule has 0 radical (unpaired) electrons. The second-order valence-corrected chi connectivity index (χ2v) is 7.06. The Kier molecular flexibility index (Phi) is 4.24. The molecule has 2 N–H and O–H groups in total. The number of dihydropyridines is 1. The zero-order chi connectivity index (χ0) is 19.1. The summed E-state index contributed by atoms with van der Waals surface area (Å²) in [5.41, 5.74) is 0.649. The van der Waals surface area contributed by atoms with Crippen molar-refractivity contribution in [2.45, 2.75) is 31.0 Å². The van der Waals surface area contributed by atoms with E-state index in [9.17, 15) is 18.1 Å². The molecule has 144 valence electrons. The molecular formula is C18H19F3N4O2. The van der Waals surface area contributed by atoms with E-state index < -0.39 is 17.3 Å². The van der Waals surface area contributed by atoms with Gasteiger partial charge in [-0.05, 0) is 43.5 Å². The van der Waals surface area contributed by atoms with Crippen LogP contribution in [0.15, 0.2) is 47.0 Å². The number of nitrogens with zero attached hydrogens (tertiary/aromatic N) is 2. The number of hydrogen-bond donors (Lipinski definition) is 2. The number of anilines is 2. The minimum Gasteiger partial charge on any atom is -0.441 e. The van der Waals surface area contributed by atoms with Gasteiger partial charge in [0.15, 0.2) is 5.88 Å². The van der Waals surface area contributed by atoms with E-state index in [4.69, 9.17) is 4.74 Å². The monoisotopic (exact) mass is 380 g/mol. The predicted molar refractivity (Wildman–Crippen MR) is 95.5 cm³/mol. The van der Waals surface area contributed by atoms with Gasteiger partial charge in [-0.25, -0.2) is 0 Å². The van der Waals surface area contributed by atoms with E-state index in [0.717, 1.165) is 36.7 Å². The average molecular weight is 380 g/mol. The topological polar surface area (TPSA) is 66.0 Å². The van der Waals surface area contributed by atoms with Crippen molar-refractivity contribution in [1.82, 2.24) is 5.32 Å². The summed E-state index contributed by atoms with van der Waals surface area (Å²) in [5.74, 6) is 0.761. The Bertz CT molecular complexity index is 815. The number of nitrogens with one attached hydrogen (secondary N) is 2. The van der Waals surface area contributed by atoms with E-state index >= 15 is 0 Å². The van der Waals surface area contributed by atoms with Crippen molar-refractivity contribution in [2.24, 2.45) is 5.18 Å². The molecule has 1 saturated carbocycles. The third kappa shape index (κ3) is 3.45. The molecule has 1 aliphatic carbocycles. The van der Waals surface area contributed by atoms with Crippen LogP contribution < -0.4 is 20.3 Å². The number of ether oxygens (including phenoxy) is 1. The van der Waals surface area contributed by atoms with Crippen LogP contribution in [0.4, 0.5) is 24.5 Å². The molecule has 27 heavy (non-hydrogen) atoms. The van der Waals surface area contributed by atoms with Gasteiger partial charge in [-0.3, -0.25) is 0 Å². The number of hydrogen-bond acceptors (Lipinski definition) is 6. The first-order chi connectivity index (χ1) is 12.9. The maximum atomic E-state index is 12.7. The van der Waals surface area contributed by atoms with Crippen molar-refractivity contribution in [2.75, 3.05) is 30.0 Å². The molecule has 0 unspecified atom stereocenters. The van der Waals surface area contributed by atoms with Gasteiger partial charge in [0.1, 0.15) is 11.3 Å². The molecule has 3 aliphatic rings. The smallest absolute Gasteiger partial charge is 0.414 e. The van der Waals surface area contributed by atoms with E-state index in [2.05, 4.69) is 15.8 Å². The van der Waals surface area contributed by atoms with Crippen LogP contribution in [-0.2, 0) is 0 Å². The van der Waals surface area contributed by atoms with Crippen LogP contribution in [0, 0.1) is 4.91 Å². The SMILES string of the molecule is O=NC1(CN2CNc3ccc(OC4=CC=C(C(F)(F)F)CN4)cc32)CCC1. The van der Waals surface area contributed by atoms with Gasteiger partial charge in [0.2, 0.25) is 0 Å². The Morgan fingerprint density at radius 2 is 2.04 bits per heavy atom. The molecule has 0 atom stereocenters. The summed E-state index contributed by atoms with van der Waals surface area (Å²) in [6.45, 7) is 0.786. The lowest BCUT2D eigenvalue weighted by molar-refractivity contribution is -0.0931. The first-order valence-electron chi connectivity index (χ1n) is 8.76. The lowest BCUT2D eigenvalue weighted by Crippen LogP contribution is -2.46. The minimum absolute atomic E-state index is 0.255. The van der Waals surface area contributed by atoms with Gasteiger partial charge < -0.3 is 20.3 Å². The fraction of sp³-hybridized carbons (Fsp3) is 0.444.